The molecule has 1 aromatic carbocycles. The van der Waals surface area contributed by atoms with Gasteiger partial charge in [0.2, 0.25) is 0 Å². The fraction of sp³-hybridized carbons (Fsp3) is 0.444. The number of amides is 1. The van der Waals surface area contributed by atoms with Crippen molar-refractivity contribution in [3.8, 4) is 0 Å². The molecule has 0 unspecified atom stereocenters. The van der Waals surface area contributed by atoms with Gasteiger partial charge in [-0.05, 0) is 19.4 Å². The molecule has 24 heavy (non-hydrogen) atoms. The zero-order valence-corrected chi connectivity index (χ0v) is 14.9. The number of carbonyl (C=O) groups is 1. The maximum Gasteiger partial charge on any atom is 0.263 e. The molecule has 3 rings (SSSR count). The van der Waals surface area contributed by atoms with Gasteiger partial charge >= 0.3 is 0 Å². The van der Waals surface area contributed by atoms with Gasteiger partial charge in [0.15, 0.2) is 0 Å². The van der Waals surface area contributed by atoms with E-state index >= 15 is 0 Å². The van der Waals surface area contributed by atoms with Crippen LogP contribution in [0, 0.1) is 6.92 Å². The second kappa shape index (κ2) is 7.88. The number of thiazole rings is 1. The third-order valence-corrected chi connectivity index (χ3v) is 5.22. The van der Waals surface area contributed by atoms with Crippen LogP contribution in [0.4, 0.5) is 0 Å². The Labute approximate surface area is 146 Å². The number of aromatic nitrogens is 1. The van der Waals surface area contributed by atoms with Crippen LogP contribution in [-0.2, 0) is 11.3 Å². The first-order valence-electron chi connectivity index (χ1n) is 8.22. The van der Waals surface area contributed by atoms with Crippen LogP contribution in [0.3, 0.4) is 0 Å². The molecule has 0 saturated carbocycles. The molecule has 1 fully saturated rings. The predicted octanol–water partition coefficient (Wildman–Crippen LogP) is 2.47. The summed E-state index contributed by atoms with van der Waals surface area (Å²) in [6.07, 6.45) is -0.000334. The molecule has 5 nitrogen and oxygen atoms in total. The van der Waals surface area contributed by atoms with Crippen LogP contribution in [-0.4, -0.2) is 47.6 Å². The van der Waals surface area contributed by atoms with Crippen molar-refractivity contribution in [3.63, 3.8) is 0 Å². The first-order chi connectivity index (χ1) is 11.6. The number of hydrogen-bond acceptors (Lipinski definition) is 5. The van der Waals surface area contributed by atoms with Crippen LogP contribution in [0.15, 0.2) is 35.8 Å². The summed E-state index contributed by atoms with van der Waals surface area (Å²) in [6.45, 7) is 7.20. The molecule has 1 aliphatic heterocycles. The van der Waals surface area contributed by atoms with Crippen molar-refractivity contribution < 1.29 is 9.53 Å². The fourth-order valence-corrected chi connectivity index (χ4v) is 3.61. The monoisotopic (exact) mass is 345 g/mol. The number of benzene rings is 1. The molecule has 0 bridgehead atoms. The van der Waals surface area contributed by atoms with Crippen molar-refractivity contribution >= 4 is 17.2 Å². The van der Waals surface area contributed by atoms with Gasteiger partial charge in [0.25, 0.3) is 5.91 Å². The summed E-state index contributed by atoms with van der Waals surface area (Å²) in [7, 11) is 0. The van der Waals surface area contributed by atoms with E-state index in [1.165, 1.54) is 16.9 Å². The molecule has 6 heteroatoms. The van der Waals surface area contributed by atoms with E-state index in [4.69, 9.17) is 4.74 Å². The fourth-order valence-electron chi connectivity index (χ4n) is 2.90. The SMILES string of the molecule is Cc1ncsc1C(=O)N[C@H](C)[C@@H]1CN(Cc2ccccc2)CCO1. The minimum absolute atomic E-state index is 0.000334. The highest BCUT2D eigenvalue weighted by Gasteiger charge is 2.27. The molecule has 1 N–H and O–H groups in total. The highest BCUT2D eigenvalue weighted by molar-refractivity contribution is 7.11. The summed E-state index contributed by atoms with van der Waals surface area (Å²) in [5.74, 6) is -0.0636. The molecule has 128 valence electrons. The standard InChI is InChI=1S/C18H23N3O2S/c1-13(20-18(22)17-14(2)19-12-24-17)16-11-21(8-9-23-16)10-15-6-4-3-5-7-15/h3-7,12-13,16H,8-11H2,1-2H3,(H,20,22)/t13-,16+/m1/s1. The molecular formula is C18H23N3O2S. The molecule has 2 aromatic rings. The Morgan fingerprint density at radius 3 is 2.96 bits per heavy atom. The summed E-state index contributed by atoms with van der Waals surface area (Å²) >= 11 is 1.37. The molecule has 1 saturated heterocycles. The maximum atomic E-state index is 12.3. The number of morpholine rings is 1. The van der Waals surface area contributed by atoms with Gasteiger partial charge in [0, 0.05) is 19.6 Å². The topological polar surface area (TPSA) is 54.5 Å². The smallest absolute Gasteiger partial charge is 0.263 e. The van der Waals surface area contributed by atoms with Crippen LogP contribution < -0.4 is 5.32 Å². The average molecular weight is 345 g/mol. The molecule has 2 atom stereocenters. The Balaban J connectivity index is 1.56. The number of carbonyl (C=O) groups excluding carboxylic acids is 1. The predicted molar refractivity (Wildman–Crippen MR) is 95.2 cm³/mol. The third-order valence-electron chi connectivity index (χ3n) is 4.29. The number of ether oxygens (including phenoxy) is 1. The van der Waals surface area contributed by atoms with E-state index in [1.807, 2.05) is 19.9 Å². The van der Waals surface area contributed by atoms with E-state index in [0.29, 0.717) is 11.5 Å². The minimum Gasteiger partial charge on any atom is -0.373 e. The quantitative estimate of drug-likeness (QED) is 0.904. The first-order valence-corrected chi connectivity index (χ1v) is 9.10. The van der Waals surface area contributed by atoms with Crippen molar-refractivity contribution in [1.82, 2.24) is 15.2 Å². The third kappa shape index (κ3) is 4.20. The lowest BCUT2D eigenvalue weighted by Gasteiger charge is -2.36. The number of nitrogens with one attached hydrogen (secondary N) is 1. The second-order valence-electron chi connectivity index (χ2n) is 6.16. The molecule has 0 spiro atoms. The zero-order chi connectivity index (χ0) is 16.9. The van der Waals surface area contributed by atoms with Crippen LogP contribution in [0.1, 0.15) is 27.9 Å². The largest absolute Gasteiger partial charge is 0.373 e. The summed E-state index contributed by atoms with van der Waals surface area (Å²) in [4.78, 5) is 19.5. The van der Waals surface area contributed by atoms with Crippen LogP contribution in [0.2, 0.25) is 0 Å². The lowest BCUT2D eigenvalue weighted by Crippen LogP contribution is -2.52. The Morgan fingerprint density at radius 2 is 2.25 bits per heavy atom. The van der Waals surface area contributed by atoms with E-state index in [0.717, 1.165) is 25.3 Å². The van der Waals surface area contributed by atoms with Gasteiger partial charge in [-0.3, -0.25) is 9.69 Å². The van der Waals surface area contributed by atoms with Gasteiger partial charge in [-0.1, -0.05) is 30.3 Å². The maximum absolute atomic E-state index is 12.3. The first kappa shape index (κ1) is 17.1. The molecular weight excluding hydrogens is 322 g/mol. The average Bonchev–Trinajstić information content (AvgIpc) is 3.02. The van der Waals surface area contributed by atoms with Crippen molar-refractivity contribution in [2.75, 3.05) is 19.7 Å². The number of aryl methyl sites for hydroxylation is 1. The van der Waals surface area contributed by atoms with Crippen LogP contribution >= 0.6 is 11.3 Å². The van der Waals surface area contributed by atoms with E-state index < -0.39 is 0 Å². The Hall–Kier alpha value is -1.76. The van der Waals surface area contributed by atoms with Crippen molar-refractivity contribution in [2.24, 2.45) is 0 Å². The van der Waals surface area contributed by atoms with Gasteiger partial charge in [-0.25, -0.2) is 4.98 Å². The highest BCUT2D eigenvalue weighted by Crippen LogP contribution is 2.15. The van der Waals surface area contributed by atoms with Gasteiger partial charge in [-0.15, -0.1) is 11.3 Å². The number of rotatable bonds is 5. The lowest BCUT2D eigenvalue weighted by molar-refractivity contribution is -0.0449. The van der Waals surface area contributed by atoms with E-state index in [1.54, 1.807) is 5.51 Å². The Kier molecular flexibility index (Phi) is 5.60. The highest BCUT2D eigenvalue weighted by atomic mass is 32.1. The van der Waals surface area contributed by atoms with Gasteiger partial charge in [0.05, 0.1) is 30.0 Å². The molecule has 1 amide bonds. The van der Waals surface area contributed by atoms with Gasteiger partial charge < -0.3 is 10.1 Å². The number of nitrogens with zero attached hydrogens (tertiary/aromatic N) is 2. The van der Waals surface area contributed by atoms with E-state index in [9.17, 15) is 4.79 Å². The number of hydrogen-bond donors (Lipinski definition) is 1. The van der Waals surface area contributed by atoms with Gasteiger partial charge in [-0.2, -0.15) is 0 Å². The summed E-state index contributed by atoms with van der Waals surface area (Å²) < 4.78 is 5.89. The molecule has 0 radical (unpaired) electrons. The van der Waals surface area contributed by atoms with E-state index in [-0.39, 0.29) is 18.1 Å². The zero-order valence-electron chi connectivity index (χ0n) is 14.1. The summed E-state index contributed by atoms with van der Waals surface area (Å²) in [5.41, 5.74) is 3.78. The van der Waals surface area contributed by atoms with Crippen molar-refractivity contribution in [2.45, 2.75) is 32.5 Å². The molecule has 1 aromatic heterocycles. The minimum atomic E-state index is -0.0636. The van der Waals surface area contributed by atoms with E-state index in [2.05, 4.69) is 39.5 Å². The Bertz CT molecular complexity index is 674. The lowest BCUT2D eigenvalue weighted by atomic mass is 10.1. The van der Waals surface area contributed by atoms with Crippen LogP contribution in [0.25, 0.3) is 0 Å². The van der Waals surface area contributed by atoms with Crippen molar-refractivity contribution in [3.05, 3.63) is 52.0 Å². The summed E-state index contributed by atoms with van der Waals surface area (Å²) in [5, 5.41) is 3.06. The van der Waals surface area contributed by atoms with Gasteiger partial charge in [0.1, 0.15) is 4.88 Å². The summed E-state index contributed by atoms with van der Waals surface area (Å²) in [6, 6.07) is 10.4. The molecule has 2 heterocycles. The van der Waals surface area contributed by atoms with Crippen molar-refractivity contribution in [1.29, 1.82) is 0 Å². The molecule has 0 aliphatic carbocycles. The normalized spacial score (nSPS) is 19.8. The molecule has 1 aliphatic rings. The Morgan fingerprint density at radius 1 is 1.46 bits per heavy atom. The second-order valence-corrected chi connectivity index (χ2v) is 7.01. The van der Waals surface area contributed by atoms with Crippen LogP contribution in [0.5, 0.6) is 0 Å².